The van der Waals surface area contributed by atoms with Crippen LogP contribution in [0.15, 0.2) is 79.0 Å². The van der Waals surface area contributed by atoms with Gasteiger partial charge in [0, 0.05) is 11.8 Å². The van der Waals surface area contributed by atoms with E-state index >= 15 is 0 Å². The van der Waals surface area contributed by atoms with Crippen molar-refractivity contribution >= 4 is 5.97 Å². The van der Waals surface area contributed by atoms with Crippen LogP contribution < -0.4 is 0 Å². The Morgan fingerprint density at radius 3 is 2.45 bits per heavy atom. The molecule has 160 valence electrons. The van der Waals surface area contributed by atoms with Crippen molar-refractivity contribution in [2.45, 2.75) is 39.0 Å². The summed E-state index contributed by atoms with van der Waals surface area (Å²) in [6.07, 6.45) is 5.25. The maximum atomic E-state index is 13.0. The molecule has 0 aliphatic heterocycles. The van der Waals surface area contributed by atoms with Gasteiger partial charge in [-0.1, -0.05) is 80.9 Å². The molecule has 3 aromatic rings. The van der Waals surface area contributed by atoms with Gasteiger partial charge >= 0.3 is 5.97 Å². The van der Waals surface area contributed by atoms with Gasteiger partial charge in [0.25, 0.3) is 0 Å². The molecular weight excluding hydrogens is 382 g/mol. The van der Waals surface area contributed by atoms with Gasteiger partial charge in [0.05, 0.1) is 17.9 Å². The number of carbonyl (C=O) groups is 1. The lowest BCUT2D eigenvalue weighted by Gasteiger charge is -2.38. The number of rotatable bonds is 6. The molecule has 1 heterocycles. The molecule has 4 atom stereocenters. The average molecular weight is 414 g/mol. The van der Waals surface area contributed by atoms with Crippen molar-refractivity contribution in [3.8, 4) is 11.3 Å². The first-order valence-corrected chi connectivity index (χ1v) is 11.4. The molecule has 2 aromatic carbocycles. The van der Waals surface area contributed by atoms with E-state index in [0.717, 1.165) is 12.0 Å². The lowest BCUT2D eigenvalue weighted by Crippen LogP contribution is -2.31. The zero-order chi connectivity index (χ0) is 21.6. The normalized spacial score (nSPS) is 21.9. The van der Waals surface area contributed by atoms with Crippen LogP contribution >= 0.6 is 0 Å². The zero-order valence-electron chi connectivity index (χ0n) is 18.4. The predicted octanol–water partition coefficient (Wildman–Crippen LogP) is 6.76. The summed E-state index contributed by atoms with van der Waals surface area (Å²) >= 11 is 0. The Morgan fingerprint density at radius 1 is 1.00 bits per heavy atom. The maximum Gasteiger partial charge on any atom is 0.340 e. The number of esters is 1. The number of aromatic nitrogens is 1. The molecule has 1 fully saturated rings. The molecule has 1 aliphatic rings. The van der Waals surface area contributed by atoms with E-state index in [9.17, 15) is 4.79 Å². The van der Waals surface area contributed by atoms with Crippen molar-refractivity contribution < 1.29 is 9.53 Å². The third kappa shape index (κ3) is 5.04. The van der Waals surface area contributed by atoms with Crippen molar-refractivity contribution in [2.75, 3.05) is 6.61 Å². The van der Waals surface area contributed by atoms with E-state index in [4.69, 9.17) is 4.74 Å². The van der Waals surface area contributed by atoms with Gasteiger partial charge in [0.1, 0.15) is 0 Å². The van der Waals surface area contributed by atoms with Gasteiger partial charge in [-0.3, -0.25) is 4.98 Å². The second-order valence-corrected chi connectivity index (χ2v) is 8.91. The molecule has 1 saturated carbocycles. The number of nitrogens with zero attached hydrogens (tertiary/aromatic N) is 1. The average Bonchev–Trinajstić information content (AvgIpc) is 2.83. The first kappa shape index (κ1) is 21.3. The number of pyridine rings is 1. The fourth-order valence-electron chi connectivity index (χ4n) is 5.03. The molecule has 1 aromatic heterocycles. The molecule has 4 rings (SSSR count). The van der Waals surface area contributed by atoms with Crippen molar-refractivity contribution in [1.82, 2.24) is 4.98 Å². The van der Waals surface area contributed by atoms with Crippen molar-refractivity contribution in [2.24, 2.45) is 17.8 Å². The minimum absolute atomic E-state index is 0.281. The van der Waals surface area contributed by atoms with Crippen molar-refractivity contribution in [3.63, 3.8) is 0 Å². The van der Waals surface area contributed by atoms with Crippen LogP contribution in [0.3, 0.4) is 0 Å². The fourth-order valence-corrected chi connectivity index (χ4v) is 5.03. The van der Waals surface area contributed by atoms with Crippen molar-refractivity contribution in [3.05, 3.63) is 90.1 Å². The summed E-state index contributed by atoms with van der Waals surface area (Å²) in [4.78, 5) is 17.5. The molecule has 0 amide bonds. The van der Waals surface area contributed by atoms with E-state index in [1.165, 1.54) is 18.4 Å². The third-order valence-electron chi connectivity index (χ3n) is 6.77. The van der Waals surface area contributed by atoms with Gasteiger partial charge in [0.2, 0.25) is 0 Å². The van der Waals surface area contributed by atoms with Crippen LogP contribution in [0.5, 0.6) is 0 Å². The Balaban J connectivity index is 1.49. The molecule has 1 aliphatic carbocycles. The Morgan fingerprint density at radius 2 is 1.71 bits per heavy atom. The first-order valence-electron chi connectivity index (χ1n) is 11.4. The van der Waals surface area contributed by atoms with Crippen LogP contribution in [0.25, 0.3) is 11.3 Å². The summed E-state index contributed by atoms with van der Waals surface area (Å²) in [5, 5.41) is 0. The quantitative estimate of drug-likeness (QED) is 0.419. The van der Waals surface area contributed by atoms with Gasteiger partial charge < -0.3 is 4.74 Å². The number of hydrogen-bond donors (Lipinski definition) is 0. The number of hydrogen-bond acceptors (Lipinski definition) is 3. The monoisotopic (exact) mass is 413 g/mol. The predicted molar refractivity (Wildman–Crippen MR) is 125 cm³/mol. The molecular formula is C28H31NO2. The molecule has 1 unspecified atom stereocenters. The number of carbonyl (C=O) groups excluding carboxylic acids is 1. The van der Waals surface area contributed by atoms with Crippen LogP contribution in [0.1, 0.15) is 54.9 Å². The fraction of sp³-hybridized carbons (Fsp3) is 0.357. The lowest BCUT2D eigenvalue weighted by molar-refractivity contribution is 0.0276. The highest BCUT2D eigenvalue weighted by Gasteiger charge is 2.34. The van der Waals surface area contributed by atoms with Crippen LogP contribution in [-0.2, 0) is 4.74 Å². The Hall–Kier alpha value is -2.94. The SMILES string of the molecule is CC(c1ccccc1)[C@H]1CC[C@@H](C)C[C@H]1COC(=O)c1cccnc1-c1ccccc1. The Kier molecular flexibility index (Phi) is 6.81. The largest absolute Gasteiger partial charge is 0.462 e. The van der Waals surface area contributed by atoms with E-state index in [1.54, 1.807) is 12.3 Å². The lowest BCUT2D eigenvalue weighted by atomic mass is 9.68. The van der Waals surface area contributed by atoms with Crippen LogP contribution in [-0.4, -0.2) is 17.6 Å². The molecule has 0 bridgehead atoms. The van der Waals surface area contributed by atoms with E-state index in [2.05, 4.69) is 49.2 Å². The molecule has 31 heavy (non-hydrogen) atoms. The van der Waals surface area contributed by atoms with Crippen LogP contribution in [0, 0.1) is 17.8 Å². The van der Waals surface area contributed by atoms with E-state index in [-0.39, 0.29) is 5.97 Å². The molecule has 0 saturated heterocycles. The van der Waals surface area contributed by atoms with E-state index in [1.807, 2.05) is 36.4 Å². The topological polar surface area (TPSA) is 39.2 Å². The van der Waals surface area contributed by atoms with Gasteiger partial charge in [-0.2, -0.15) is 0 Å². The molecule has 0 spiro atoms. The molecule has 0 N–H and O–H groups in total. The van der Waals surface area contributed by atoms with Crippen LogP contribution in [0.2, 0.25) is 0 Å². The van der Waals surface area contributed by atoms with Crippen LogP contribution in [0.4, 0.5) is 0 Å². The number of benzene rings is 2. The Labute approximate surface area is 185 Å². The van der Waals surface area contributed by atoms with Gasteiger partial charge in [-0.15, -0.1) is 0 Å². The first-order chi connectivity index (χ1) is 15.1. The summed E-state index contributed by atoms with van der Waals surface area (Å²) in [5.74, 6) is 1.74. The Bertz CT molecular complexity index is 986. The van der Waals surface area contributed by atoms with E-state index < -0.39 is 0 Å². The van der Waals surface area contributed by atoms with E-state index in [0.29, 0.717) is 41.5 Å². The molecule has 0 radical (unpaired) electrons. The molecule has 3 nitrogen and oxygen atoms in total. The summed E-state index contributed by atoms with van der Waals surface area (Å²) in [6.45, 7) is 5.10. The van der Waals surface area contributed by atoms with Crippen molar-refractivity contribution in [1.29, 1.82) is 0 Å². The summed E-state index contributed by atoms with van der Waals surface area (Å²) in [7, 11) is 0. The summed E-state index contributed by atoms with van der Waals surface area (Å²) < 4.78 is 5.92. The number of ether oxygens (including phenoxy) is 1. The smallest absolute Gasteiger partial charge is 0.340 e. The highest BCUT2D eigenvalue weighted by Crippen LogP contribution is 2.42. The highest BCUT2D eigenvalue weighted by molar-refractivity contribution is 5.96. The van der Waals surface area contributed by atoms with Gasteiger partial charge in [0.15, 0.2) is 0 Å². The minimum atomic E-state index is -0.281. The highest BCUT2D eigenvalue weighted by atomic mass is 16.5. The van der Waals surface area contributed by atoms with Gasteiger partial charge in [-0.25, -0.2) is 4.79 Å². The maximum absolute atomic E-state index is 13.0. The summed E-state index contributed by atoms with van der Waals surface area (Å²) in [6, 6.07) is 24.1. The summed E-state index contributed by atoms with van der Waals surface area (Å²) in [5.41, 5.74) is 3.51. The zero-order valence-corrected chi connectivity index (χ0v) is 18.4. The third-order valence-corrected chi connectivity index (χ3v) is 6.77. The molecule has 3 heteroatoms. The van der Waals surface area contributed by atoms with Gasteiger partial charge in [-0.05, 0) is 54.2 Å². The minimum Gasteiger partial charge on any atom is -0.462 e. The standard InChI is InChI=1S/C28H31NO2/c1-20-15-16-25(21(2)22-10-5-3-6-11-22)24(18-20)19-31-28(30)26-14-9-17-29-27(26)23-12-7-4-8-13-23/h3-14,17,20-21,24-25H,15-16,18-19H2,1-2H3/t20-,21?,24+,25-/m1/s1. The second-order valence-electron chi connectivity index (χ2n) is 8.91. The second kappa shape index (κ2) is 9.91.